The molecule has 2 aromatic carbocycles. The van der Waals surface area contributed by atoms with Crippen molar-refractivity contribution in [1.82, 2.24) is 9.55 Å². The molecule has 8 nitrogen and oxygen atoms in total. The summed E-state index contributed by atoms with van der Waals surface area (Å²) in [5, 5.41) is 14.4. The zero-order valence-electron chi connectivity index (χ0n) is 17.8. The predicted molar refractivity (Wildman–Crippen MR) is 120 cm³/mol. The summed E-state index contributed by atoms with van der Waals surface area (Å²) < 4.78 is 7.91. The van der Waals surface area contributed by atoms with E-state index in [0.717, 1.165) is 42.3 Å². The predicted octanol–water partition coefficient (Wildman–Crippen LogP) is 5.11. The van der Waals surface area contributed by atoms with Gasteiger partial charge in [0, 0.05) is 17.8 Å². The Hall–Kier alpha value is -3.68. The zero-order valence-corrected chi connectivity index (χ0v) is 17.8. The number of allylic oxidation sites excluding steroid dienone is 1. The molecule has 1 aromatic heterocycles. The lowest BCUT2D eigenvalue weighted by atomic mass is 9.94. The number of rotatable bonds is 4. The Kier molecular flexibility index (Phi) is 5.13. The van der Waals surface area contributed by atoms with Crippen LogP contribution < -0.4 is 5.32 Å². The van der Waals surface area contributed by atoms with Crippen molar-refractivity contribution < 1.29 is 14.5 Å². The van der Waals surface area contributed by atoms with Crippen LogP contribution in [-0.2, 0) is 9.53 Å². The van der Waals surface area contributed by atoms with Crippen LogP contribution in [0, 0.1) is 10.1 Å². The highest BCUT2D eigenvalue weighted by Crippen LogP contribution is 2.40. The van der Waals surface area contributed by atoms with E-state index in [-0.39, 0.29) is 17.8 Å². The number of hydrogen-bond donors (Lipinski definition) is 1. The second kappa shape index (κ2) is 8.11. The van der Waals surface area contributed by atoms with E-state index < -0.39 is 11.0 Å². The van der Waals surface area contributed by atoms with Crippen LogP contribution in [0.4, 0.5) is 11.6 Å². The van der Waals surface area contributed by atoms with Crippen LogP contribution in [0.5, 0.6) is 0 Å². The number of hydrogen-bond acceptors (Lipinski definition) is 6. The van der Waals surface area contributed by atoms with Crippen LogP contribution in [-0.4, -0.2) is 26.5 Å². The van der Waals surface area contributed by atoms with Gasteiger partial charge in [0.25, 0.3) is 5.69 Å². The lowest BCUT2D eigenvalue weighted by molar-refractivity contribution is -0.384. The van der Waals surface area contributed by atoms with Crippen molar-refractivity contribution >= 4 is 28.6 Å². The number of nitro groups is 1. The molecule has 2 aliphatic rings. The van der Waals surface area contributed by atoms with Gasteiger partial charge in [-0.05, 0) is 62.4 Å². The van der Waals surface area contributed by atoms with Crippen molar-refractivity contribution in [2.45, 2.75) is 51.2 Å². The van der Waals surface area contributed by atoms with Gasteiger partial charge in [0.1, 0.15) is 6.10 Å². The maximum absolute atomic E-state index is 13.4. The molecule has 1 saturated carbocycles. The van der Waals surface area contributed by atoms with Gasteiger partial charge in [-0.25, -0.2) is 9.78 Å². The van der Waals surface area contributed by atoms with Crippen LogP contribution in [0.1, 0.15) is 50.6 Å². The maximum atomic E-state index is 13.4. The van der Waals surface area contributed by atoms with E-state index in [1.54, 1.807) is 12.1 Å². The number of anilines is 1. The molecule has 164 valence electrons. The summed E-state index contributed by atoms with van der Waals surface area (Å²) in [5.41, 5.74) is 3.62. The van der Waals surface area contributed by atoms with Gasteiger partial charge in [-0.2, -0.15) is 0 Å². The minimum absolute atomic E-state index is 0.00503. The fraction of sp³-hybridized carbons (Fsp3) is 0.333. The number of benzene rings is 2. The van der Waals surface area contributed by atoms with E-state index in [9.17, 15) is 14.9 Å². The monoisotopic (exact) mass is 432 g/mol. The molecule has 5 rings (SSSR count). The number of nitrogens with zero attached hydrogens (tertiary/aromatic N) is 3. The third-order valence-electron chi connectivity index (χ3n) is 6.30. The third kappa shape index (κ3) is 3.51. The molecule has 1 aliphatic carbocycles. The molecule has 0 bridgehead atoms. The number of nitro benzene ring substituents is 1. The number of esters is 1. The van der Waals surface area contributed by atoms with Gasteiger partial charge in [0.05, 0.1) is 27.6 Å². The first-order valence-corrected chi connectivity index (χ1v) is 10.9. The smallest absolute Gasteiger partial charge is 0.338 e. The Bertz CT molecular complexity index is 1220. The number of aromatic nitrogens is 2. The average Bonchev–Trinajstić information content (AvgIpc) is 3.16. The number of carbonyl (C=O) groups is 1. The fourth-order valence-electron chi connectivity index (χ4n) is 4.72. The lowest BCUT2D eigenvalue weighted by Gasteiger charge is -2.31. The number of carbonyl (C=O) groups excluding carboxylic acids is 1. The van der Waals surface area contributed by atoms with Crippen LogP contribution in [0.15, 0.2) is 59.8 Å². The summed E-state index contributed by atoms with van der Waals surface area (Å²) in [6.07, 6.45) is 5.00. The molecule has 0 radical (unpaired) electrons. The number of nitrogens with one attached hydrogen (secondary N) is 1. The van der Waals surface area contributed by atoms with Crippen molar-refractivity contribution in [1.29, 1.82) is 0 Å². The SMILES string of the molecule is CC1=C(C(=O)OC2CCCCC2)C(c2ccc([N+](=O)[O-])cc2)n2c(nc3ccccc32)N1. The highest BCUT2D eigenvalue weighted by Gasteiger charge is 2.36. The Morgan fingerprint density at radius 2 is 1.84 bits per heavy atom. The molecule has 1 fully saturated rings. The number of imidazole rings is 1. The van der Waals surface area contributed by atoms with Crippen LogP contribution in [0.3, 0.4) is 0 Å². The van der Waals surface area contributed by atoms with Gasteiger partial charge in [-0.15, -0.1) is 0 Å². The summed E-state index contributed by atoms with van der Waals surface area (Å²) in [6, 6.07) is 13.6. The third-order valence-corrected chi connectivity index (χ3v) is 6.30. The molecule has 3 aromatic rings. The van der Waals surface area contributed by atoms with Crippen LogP contribution >= 0.6 is 0 Å². The fourth-order valence-corrected chi connectivity index (χ4v) is 4.72. The van der Waals surface area contributed by atoms with Crippen molar-refractivity contribution in [2.75, 3.05) is 5.32 Å². The number of fused-ring (bicyclic) bond motifs is 3. The first-order valence-electron chi connectivity index (χ1n) is 10.9. The van der Waals surface area contributed by atoms with E-state index in [1.165, 1.54) is 18.6 Å². The van der Waals surface area contributed by atoms with E-state index in [4.69, 9.17) is 9.72 Å². The minimum atomic E-state index is -0.504. The van der Waals surface area contributed by atoms with Crippen LogP contribution in [0.2, 0.25) is 0 Å². The summed E-state index contributed by atoms with van der Waals surface area (Å²) >= 11 is 0. The highest BCUT2D eigenvalue weighted by molar-refractivity contribution is 5.94. The average molecular weight is 432 g/mol. The van der Waals surface area contributed by atoms with E-state index in [1.807, 2.05) is 35.8 Å². The molecule has 1 unspecified atom stereocenters. The first kappa shape index (κ1) is 20.2. The van der Waals surface area contributed by atoms with E-state index in [0.29, 0.717) is 17.2 Å². The number of non-ortho nitro benzene ring substituents is 1. The van der Waals surface area contributed by atoms with Crippen molar-refractivity contribution in [3.63, 3.8) is 0 Å². The van der Waals surface area contributed by atoms with E-state index >= 15 is 0 Å². The Balaban J connectivity index is 1.61. The van der Waals surface area contributed by atoms with Crippen molar-refractivity contribution in [3.05, 3.63) is 75.5 Å². The molecule has 2 heterocycles. The molecular formula is C24H24N4O4. The van der Waals surface area contributed by atoms with Gasteiger partial charge in [0.15, 0.2) is 0 Å². The molecule has 0 saturated heterocycles. The second-order valence-electron chi connectivity index (χ2n) is 8.37. The van der Waals surface area contributed by atoms with Gasteiger partial charge >= 0.3 is 5.97 Å². The highest BCUT2D eigenvalue weighted by atomic mass is 16.6. The van der Waals surface area contributed by atoms with Gasteiger partial charge in [-0.3, -0.25) is 14.7 Å². The largest absolute Gasteiger partial charge is 0.459 e. The van der Waals surface area contributed by atoms with E-state index in [2.05, 4.69) is 5.32 Å². The van der Waals surface area contributed by atoms with Crippen molar-refractivity contribution in [3.8, 4) is 0 Å². The normalized spacial score (nSPS) is 18.8. The second-order valence-corrected chi connectivity index (χ2v) is 8.37. The van der Waals surface area contributed by atoms with Crippen molar-refractivity contribution in [2.24, 2.45) is 0 Å². The summed E-state index contributed by atoms with van der Waals surface area (Å²) in [5.74, 6) is 0.273. The lowest BCUT2D eigenvalue weighted by Crippen LogP contribution is -2.31. The molecule has 0 spiro atoms. The van der Waals surface area contributed by atoms with Gasteiger partial charge < -0.3 is 10.1 Å². The Morgan fingerprint density at radius 1 is 1.12 bits per heavy atom. The van der Waals surface area contributed by atoms with Gasteiger partial charge in [0.2, 0.25) is 5.95 Å². The summed E-state index contributed by atoms with van der Waals surface area (Å²) in [6.45, 7) is 1.85. The standard InChI is InChI=1S/C24H24N4O4/c1-15-21(23(29)32-18-7-3-2-4-8-18)22(16-11-13-17(14-12-16)28(30)31)27-20-10-6-5-9-19(20)26-24(27)25-15/h5-6,9-14,18,22H,2-4,7-8H2,1H3,(H,25,26). The number of para-hydroxylation sites is 2. The Morgan fingerprint density at radius 3 is 2.56 bits per heavy atom. The quantitative estimate of drug-likeness (QED) is 0.349. The zero-order chi connectivity index (χ0) is 22.2. The first-order chi connectivity index (χ1) is 15.5. The molecule has 1 aliphatic heterocycles. The molecular weight excluding hydrogens is 408 g/mol. The molecule has 1 atom stereocenters. The topological polar surface area (TPSA) is 99.3 Å². The maximum Gasteiger partial charge on any atom is 0.338 e. The summed E-state index contributed by atoms with van der Waals surface area (Å²) in [7, 11) is 0. The molecule has 32 heavy (non-hydrogen) atoms. The molecule has 0 amide bonds. The van der Waals surface area contributed by atoms with Crippen LogP contribution in [0.25, 0.3) is 11.0 Å². The molecule has 1 N–H and O–H groups in total. The summed E-state index contributed by atoms with van der Waals surface area (Å²) in [4.78, 5) is 28.9. The van der Waals surface area contributed by atoms with Gasteiger partial charge in [-0.1, -0.05) is 18.6 Å². The Labute approximate surface area is 185 Å². The number of ether oxygens (including phenoxy) is 1. The molecule has 8 heteroatoms. The minimum Gasteiger partial charge on any atom is -0.459 e.